The van der Waals surface area contributed by atoms with Crippen molar-refractivity contribution >= 4 is 22.9 Å². The minimum absolute atomic E-state index is 0.195. The van der Waals surface area contributed by atoms with Crippen molar-refractivity contribution in [1.82, 2.24) is 10.1 Å². The normalized spacial score (nSPS) is 18.3. The van der Waals surface area contributed by atoms with Gasteiger partial charge in [-0.1, -0.05) is 35.5 Å². The Morgan fingerprint density at radius 1 is 0.939 bits per heavy atom. The second kappa shape index (κ2) is 9.58. The van der Waals surface area contributed by atoms with E-state index < -0.39 is 11.9 Å². The molecule has 2 aliphatic heterocycles. The maximum absolute atomic E-state index is 12.0. The lowest BCUT2D eigenvalue weighted by molar-refractivity contribution is -0.133. The lowest BCUT2D eigenvalue weighted by Crippen LogP contribution is -2.33. The lowest BCUT2D eigenvalue weighted by Gasteiger charge is -2.32. The molecule has 0 N–H and O–H groups in total. The molecule has 1 saturated heterocycles. The lowest BCUT2D eigenvalue weighted by atomic mass is 9.91. The molecule has 7 nitrogen and oxygen atoms in total. The van der Waals surface area contributed by atoms with E-state index in [9.17, 15) is 9.59 Å². The molecule has 0 saturated carbocycles. The molecule has 0 amide bonds. The van der Waals surface area contributed by atoms with Crippen molar-refractivity contribution < 1.29 is 23.6 Å². The van der Waals surface area contributed by atoms with Crippen molar-refractivity contribution in [2.24, 2.45) is 5.92 Å². The molecule has 0 spiro atoms. The van der Waals surface area contributed by atoms with Gasteiger partial charge in [-0.05, 0) is 68.8 Å². The standard InChI is InChI=1S/C26H26N2O5/c29-23-11-12-24(30)32-26-22(31-23)10-9-21-25(26)20(27-33-21)8-4-7-18-13-15-28(16-14-18)17-19-5-2-1-3-6-19/h1-3,5-6,9-12,18H,4,7-8,13-17H2/b12-11-. The molecular weight excluding hydrogens is 420 g/mol. The third-order valence-corrected chi connectivity index (χ3v) is 6.38. The summed E-state index contributed by atoms with van der Waals surface area (Å²) in [5.74, 6) is -0.167. The van der Waals surface area contributed by atoms with Gasteiger partial charge in [0.25, 0.3) is 0 Å². The summed E-state index contributed by atoms with van der Waals surface area (Å²) in [5.41, 5.74) is 2.59. The molecule has 3 heterocycles. The van der Waals surface area contributed by atoms with Crippen LogP contribution in [0.15, 0.2) is 59.1 Å². The van der Waals surface area contributed by atoms with E-state index in [-0.39, 0.29) is 11.5 Å². The number of aryl methyl sites for hydroxylation is 1. The minimum atomic E-state index is -0.630. The summed E-state index contributed by atoms with van der Waals surface area (Å²) in [6, 6.07) is 13.9. The highest BCUT2D eigenvalue weighted by molar-refractivity contribution is 5.99. The van der Waals surface area contributed by atoms with Crippen molar-refractivity contribution in [1.29, 1.82) is 0 Å². The van der Waals surface area contributed by atoms with Gasteiger partial charge in [-0.25, -0.2) is 9.59 Å². The summed E-state index contributed by atoms with van der Waals surface area (Å²) >= 11 is 0. The van der Waals surface area contributed by atoms with Crippen LogP contribution in [-0.2, 0) is 22.6 Å². The third kappa shape index (κ3) is 4.98. The Morgan fingerprint density at radius 2 is 1.70 bits per heavy atom. The van der Waals surface area contributed by atoms with Crippen LogP contribution in [0.2, 0.25) is 0 Å². The van der Waals surface area contributed by atoms with Gasteiger partial charge in [0, 0.05) is 18.7 Å². The van der Waals surface area contributed by atoms with Gasteiger partial charge < -0.3 is 14.0 Å². The number of ether oxygens (including phenoxy) is 2. The maximum Gasteiger partial charge on any atom is 0.336 e. The van der Waals surface area contributed by atoms with Gasteiger partial charge in [0.2, 0.25) is 0 Å². The Morgan fingerprint density at radius 3 is 2.48 bits per heavy atom. The number of hydrogen-bond acceptors (Lipinski definition) is 7. The number of carbonyl (C=O) groups excluding carboxylic acids is 2. The quantitative estimate of drug-likeness (QED) is 0.409. The molecule has 2 aliphatic rings. The molecular formula is C26H26N2O5. The average Bonchev–Trinajstić information content (AvgIpc) is 3.23. The van der Waals surface area contributed by atoms with Gasteiger partial charge in [-0.3, -0.25) is 4.90 Å². The van der Waals surface area contributed by atoms with Crippen LogP contribution in [0.3, 0.4) is 0 Å². The number of fused-ring (bicyclic) bond motifs is 3. The fourth-order valence-electron chi connectivity index (χ4n) is 4.64. The molecule has 0 atom stereocenters. The summed E-state index contributed by atoms with van der Waals surface area (Å²) in [5, 5.41) is 4.81. The van der Waals surface area contributed by atoms with Crippen molar-refractivity contribution in [3.63, 3.8) is 0 Å². The van der Waals surface area contributed by atoms with Crippen LogP contribution >= 0.6 is 0 Å². The van der Waals surface area contributed by atoms with E-state index >= 15 is 0 Å². The predicted octanol–water partition coefficient (Wildman–Crippen LogP) is 4.44. The first-order valence-corrected chi connectivity index (χ1v) is 11.4. The van der Waals surface area contributed by atoms with Gasteiger partial charge in [-0.15, -0.1) is 0 Å². The molecule has 33 heavy (non-hydrogen) atoms. The Balaban J connectivity index is 1.20. The van der Waals surface area contributed by atoms with Crippen LogP contribution in [0, 0.1) is 5.92 Å². The molecule has 0 bridgehead atoms. The second-order valence-corrected chi connectivity index (χ2v) is 8.67. The fraction of sp³-hybridized carbons (Fsp3) is 0.346. The predicted molar refractivity (Wildman–Crippen MR) is 122 cm³/mol. The SMILES string of the molecule is O=C1/C=C\C(=O)Oc2c(ccc3onc(CCCC4CCN(Cc5ccccc5)CC4)c23)O1. The van der Waals surface area contributed by atoms with Crippen molar-refractivity contribution in [2.45, 2.75) is 38.6 Å². The van der Waals surface area contributed by atoms with Crippen LogP contribution in [0.4, 0.5) is 0 Å². The molecule has 7 heteroatoms. The zero-order chi connectivity index (χ0) is 22.6. The first-order valence-electron chi connectivity index (χ1n) is 11.4. The molecule has 5 rings (SSSR count). The van der Waals surface area contributed by atoms with E-state index in [0.717, 1.165) is 50.3 Å². The van der Waals surface area contributed by atoms with Gasteiger partial charge >= 0.3 is 11.9 Å². The number of rotatable bonds is 6. The molecule has 0 unspecified atom stereocenters. The van der Waals surface area contributed by atoms with Crippen molar-refractivity contribution in [3.8, 4) is 11.5 Å². The Kier molecular flexibility index (Phi) is 6.21. The number of esters is 2. The summed E-state index contributed by atoms with van der Waals surface area (Å²) in [4.78, 5) is 26.4. The molecule has 2 aromatic carbocycles. The number of nitrogens with zero attached hydrogens (tertiary/aromatic N) is 2. The molecule has 1 aromatic heterocycles. The zero-order valence-corrected chi connectivity index (χ0v) is 18.4. The highest BCUT2D eigenvalue weighted by Gasteiger charge is 2.24. The smallest absolute Gasteiger partial charge is 0.336 e. The summed E-state index contributed by atoms with van der Waals surface area (Å²) in [6.45, 7) is 3.26. The van der Waals surface area contributed by atoms with E-state index in [1.807, 2.05) is 0 Å². The van der Waals surface area contributed by atoms with E-state index in [1.165, 1.54) is 18.4 Å². The number of likely N-dealkylation sites (tertiary alicyclic amines) is 1. The minimum Gasteiger partial charge on any atom is -0.419 e. The number of aromatic nitrogens is 1. The number of hydrogen-bond donors (Lipinski definition) is 0. The summed E-state index contributed by atoms with van der Waals surface area (Å²) in [6.07, 6.45) is 7.28. The van der Waals surface area contributed by atoms with Crippen molar-refractivity contribution in [2.75, 3.05) is 13.1 Å². The Bertz CT molecular complexity index is 1180. The van der Waals surface area contributed by atoms with Gasteiger partial charge in [0.05, 0.1) is 11.1 Å². The Hall–Kier alpha value is -3.45. The van der Waals surface area contributed by atoms with E-state index in [0.29, 0.717) is 23.3 Å². The van der Waals surface area contributed by atoms with Crippen molar-refractivity contribution in [3.05, 3.63) is 65.9 Å². The molecule has 0 aliphatic carbocycles. The first-order chi connectivity index (χ1) is 16.2. The van der Waals surface area contributed by atoms with E-state index in [1.54, 1.807) is 12.1 Å². The monoisotopic (exact) mass is 446 g/mol. The van der Waals surface area contributed by atoms with Crippen LogP contribution in [-0.4, -0.2) is 35.1 Å². The molecule has 170 valence electrons. The van der Waals surface area contributed by atoms with Crippen LogP contribution in [0.5, 0.6) is 11.5 Å². The molecule has 3 aromatic rings. The first kappa shape index (κ1) is 21.4. The second-order valence-electron chi connectivity index (χ2n) is 8.67. The van der Waals surface area contributed by atoms with E-state index in [4.69, 9.17) is 14.0 Å². The number of benzene rings is 2. The van der Waals surface area contributed by atoms with E-state index in [2.05, 4.69) is 40.4 Å². The number of piperidine rings is 1. The highest BCUT2D eigenvalue weighted by atomic mass is 16.6. The van der Waals surface area contributed by atoms with Gasteiger partial charge in [0.1, 0.15) is 0 Å². The fourth-order valence-corrected chi connectivity index (χ4v) is 4.64. The van der Waals surface area contributed by atoms with Crippen LogP contribution in [0.25, 0.3) is 11.0 Å². The third-order valence-electron chi connectivity index (χ3n) is 6.38. The van der Waals surface area contributed by atoms with Crippen LogP contribution < -0.4 is 9.47 Å². The summed E-state index contributed by atoms with van der Waals surface area (Å²) < 4.78 is 16.2. The maximum atomic E-state index is 12.0. The largest absolute Gasteiger partial charge is 0.419 e. The topological polar surface area (TPSA) is 81.9 Å². The van der Waals surface area contributed by atoms with Crippen LogP contribution in [0.1, 0.15) is 36.9 Å². The zero-order valence-electron chi connectivity index (χ0n) is 18.4. The van der Waals surface area contributed by atoms with Gasteiger partial charge in [-0.2, -0.15) is 0 Å². The number of carbonyl (C=O) groups is 2. The van der Waals surface area contributed by atoms with Gasteiger partial charge in [0.15, 0.2) is 17.1 Å². The Labute approximate surface area is 191 Å². The molecule has 0 radical (unpaired) electrons. The summed E-state index contributed by atoms with van der Waals surface area (Å²) in [7, 11) is 0. The highest BCUT2D eigenvalue weighted by Crippen LogP contribution is 2.39. The molecule has 1 fully saturated rings. The average molecular weight is 447 g/mol.